The van der Waals surface area contributed by atoms with Crippen molar-refractivity contribution in [2.24, 2.45) is 5.92 Å². The fraction of sp³-hybridized carbons (Fsp3) is 0.333. The molecule has 1 aliphatic carbocycles. The van der Waals surface area contributed by atoms with E-state index in [0.717, 1.165) is 29.4 Å². The first-order valence-electron chi connectivity index (χ1n) is 6.67. The monoisotopic (exact) mass is 307 g/mol. The van der Waals surface area contributed by atoms with Crippen LogP contribution in [0, 0.1) is 12.8 Å². The van der Waals surface area contributed by atoms with Crippen molar-refractivity contribution in [3.63, 3.8) is 0 Å². The van der Waals surface area contributed by atoms with Gasteiger partial charge in [0, 0.05) is 12.5 Å². The topological polar surface area (TPSA) is 37.8 Å². The molecule has 1 fully saturated rings. The van der Waals surface area contributed by atoms with Crippen molar-refractivity contribution >= 4 is 34.7 Å². The number of halogens is 2. The third-order valence-electron chi connectivity index (χ3n) is 3.29. The molecular weight excluding hydrogens is 293 g/mol. The Hall–Kier alpha value is -1.32. The van der Waals surface area contributed by atoms with Crippen molar-refractivity contribution < 1.29 is 0 Å². The van der Waals surface area contributed by atoms with Crippen molar-refractivity contribution in [2.45, 2.75) is 26.2 Å². The molecule has 1 aromatic carbocycles. The Morgan fingerprint density at radius 2 is 2.00 bits per heavy atom. The van der Waals surface area contributed by atoms with E-state index in [4.69, 9.17) is 23.2 Å². The quantitative estimate of drug-likeness (QED) is 0.825. The fourth-order valence-corrected chi connectivity index (χ4v) is 2.44. The van der Waals surface area contributed by atoms with Crippen LogP contribution in [0.25, 0.3) is 0 Å². The molecule has 1 saturated carbocycles. The Kier molecular flexibility index (Phi) is 3.81. The normalized spacial score (nSPS) is 14.3. The van der Waals surface area contributed by atoms with Crippen molar-refractivity contribution in [2.75, 3.05) is 5.32 Å². The number of nitrogens with zero attached hydrogens (tertiary/aromatic N) is 2. The molecule has 0 amide bonds. The molecule has 0 unspecified atom stereocenters. The summed E-state index contributed by atoms with van der Waals surface area (Å²) >= 11 is 12.2. The first kappa shape index (κ1) is 13.7. The van der Waals surface area contributed by atoms with Gasteiger partial charge in [0.2, 0.25) is 0 Å². The maximum absolute atomic E-state index is 6.18. The lowest BCUT2D eigenvalue weighted by Crippen LogP contribution is -2.02. The number of benzene rings is 1. The van der Waals surface area contributed by atoms with E-state index in [1.807, 2.05) is 25.1 Å². The van der Waals surface area contributed by atoms with Gasteiger partial charge in [0.25, 0.3) is 0 Å². The third-order valence-corrected chi connectivity index (χ3v) is 3.82. The summed E-state index contributed by atoms with van der Waals surface area (Å²) in [6.45, 7) is 2.02. The summed E-state index contributed by atoms with van der Waals surface area (Å²) in [5.74, 6) is 2.21. The number of aromatic nitrogens is 2. The molecule has 0 radical (unpaired) electrons. The van der Waals surface area contributed by atoms with Gasteiger partial charge in [-0.25, -0.2) is 9.97 Å². The summed E-state index contributed by atoms with van der Waals surface area (Å²) in [7, 11) is 0. The molecule has 0 aliphatic heterocycles. The summed E-state index contributed by atoms with van der Waals surface area (Å²) in [6, 6.07) is 7.54. The third kappa shape index (κ3) is 3.41. The number of anilines is 2. The Morgan fingerprint density at radius 3 is 2.75 bits per heavy atom. The summed E-state index contributed by atoms with van der Waals surface area (Å²) in [4.78, 5) is 8.79. The van der Waals surface area contributed by atoms with Crippen LogP contribution in [-0.2, 0) is 6.42 Å². The highest BCUT2D eigenvalue weighted by Gasteiger charge is 2.23. The summed E-state index contributed by atoms with van der Waals surface area (Å²) < 4.78 is 0. The molecule has 1 heterocycles. The summed E-state index contributed by atoms with van der Waals surface area (Å²) in [5, 5.41) is 4.34. The SMILES string of the molecule is Cc1ccc(Cl)c(Nc2cc(Cl)nc(CC3CC3)n2)c1. The Bertz CT molecular complexity index is 639. The van der Waals surface area contributed by atoms with Gasteiger partial charge in [-0.2, -0.15) is 0 Å². The lowest BCUT2D eigenvalue weighted by molar-refractivity contribution is 0.771. The molecule has 3 rings (SSSR count). The Morgan fingerprint density at radius 1 is 1.20 bits per heavy atom. The van der Waals surface area contributed by atoms with Crippen LogP contribution < -0.4 is 5.32 Å². The predicted molar refractivity (Wildman–Crippen MR) is 82.9 cm³/mol. The summed E-state index contributed by atoms with van der Waals surface area (Å²) in [5.41, 5.74) is 1.97. The van der Waals surface area contributed by atoms with E-state index < -0.39 is 0 Å². The number of nitrogens with one attached hydrogen (secondary N) is 1. The second-order valence-corrected chi connectivity index (χ2v) is 6.04. The van der Waals surface area contributed by atoms with Gasteiger partial charge >= 0.3 is 0 Å². The van der Waals surface area contributed by atoms with E-state index in [2.05, 4.69) is 15.3 Å². The minimum atomic E-state index is 0.460. The highest BCUT2D eigenvalue weighted by molar-refractivity contribution is 6.33. The number of rotatable bonds is 4. The van der Waals surface area contributed by atoms with Gasteiger partial charge in [0.15, 0.2) is 0 Å². The predicted octanol–water partition coefficient (Wildman–Crippen LogP) is 4.79. The molecule has 1 aromatic heterocycles. The van der Waals surface area contributed by atoms with Crippen LogP contribution in [-0.4, -0.2) is 9.97 Å². The van der Waals surface area contributed by atoms with Crippen LogP contribution in [0.2, 0.25) is 10.2 Å². The number of hydrogen-bond donors (Lipinski definition) is 1. The minimum Gasteiger partial charge on any atom is -0.339 e. The molecule has 0 bridgehead atoms. The zero-order valence-corrected chi connectivity index (χ0v) is 12.7. The van der Waals surface area contributed by atoms with Gasteiger partial charge in [-0.05, 0) is 43.4 Å². The molecule has 1 N–H and O–H groups in total. The zero-order chi connectivity index (χ0) is 14.1. The smallest absolute Gasteiger partial charge is 0.135 e. The van der Waals surface area contributed by atoms with E-state index in [0.29, 0.717) is 16.0 Å². The standard InChI is InChI=1S/C15H15Cl2N3/c1-9-2-5-11(16)12(6-9)18-15-8-13(17)19-14(20-15)7-10-3-4-10/h2,5-6,8,10H,3-4,7H2,1H3,(H,18,19,20). The van der Waals surface area contributed by atoms with E-state index in [1.165, 1.54) is 12.8 Å². The van der Waals surface area contributed by atoms with Gasteiger partial charge in [-0.15, -0.1) is 0 Å². The maximum atomic E-state index is 6.18. The molecule has 1 aliphatic rings. The van der Waals surface area contributed by atoms with Gasteiger partial charge in [-0.1, -0.05) is 29.3 Å². The van der Waals surface area contributed by atoms with Crippen molar-refractivity contribution in [1.82, 2.24) is 9.97 Å². The van der Waals surface area contributed by atoms with E-state index in [9.17, 15) is 0 Å². The molecule has 3 nitrogen and oxygen atoms in total. The molecule has 0 saturated heterocycles. The Labute approximate surface area is 128 Å². The molecule has 0 atom stereocenters. The van der Waals surface area contributed by atoms with Crippen molar-refractivity contribution in [3.05, 3.63) is 45.8 Å². The van der Waals surface area contributed by atoms with E-state index in [1.54, 1.807) is 6.07 Å². The molecule has 0 spiro atoms. The zero-order valence-electron chi connectivity index (χ0n) is 11.2. The van der Waals surface area contributed by atoms with Gasteiger partial charge in [0.1, 0.15) is 16.8 Å². The second kappa shape index (κ2) is 5.58. The van der Waals surface area contributed by atoms with Crippen molar-refractivity contribution in [1.29, 1.82) is 0 Å². The first-order chi connectivity index (χ1) is 9.60. The molecule has 104 valence electrons. The van der Waals surface area contributed by atoms with Crippen LogP contribution in [0.15, 0.2) is 24.3 Å². The largest absolute Gasteiger partial charge is 0.339 e. The van der Waals surface area contributed by atoms with Crippen LogP contribution in [0.3, 0.4) is 0 Å². The Balaban J connectivity index is 1.85. The fourth-order valence-electron chi connectivity index (χ4n) is 2.07. The van der Waals surface area contributed by atoms with Gasteiger partial charge in [-0.3, -0.25) is 0 Å². The average molecular weight is 308 g/mol. The number of aryl methyl sites for hydroxylation is 1. The van der Waals surface area contributed by atoms with Crippen LogP contribution in [0.1, 0.15) is 24.2 Å². The number of hydrogen-bond acceptors (Lipinski definition) is 3. The van der Waals surface area contributed by atoms with Gasteiger partial charge in [0.05, 0.1) is 10.7 Å². The molecule has 2 aromatic rings. The van der Waals surface area contributed by atoms with Crippen LogP contribution >= 0.6 is 23.2 Å². The highest BCUT2D eigenvalue weighted by atomic mass is 35.5. The van der Waals surface area contributed by atoms with E-state index in [-0.39, 0.29) is 0 Å². The van der Waals surface area contributed by atoms with Crippen molar-refractivity contribution in [3.8, 4) is 0 Å². The molecular formula is C15H15Cl2N3. The van der Waals surface area contributed by atoms with Crippen LogP contribution in [0.5, 0.6) is 0 Å². The second-order valence-electron chi connectivity index (χ2n) is 5.25. The lowest BCUT2D eigenvalue weighted by atomic mass is 10.2. The van der Waals surface area contributed by atoms with Crippen LogP contribution in [0.4, 0.5) is 11.5 Å². The highest BCUT2D eigenvalue weighted by Crippen LogP contribution is 2.32. The maximum Gasteiger partial charge on any atom is 0.135 e. The average Bonchev–Trinajstić information content (AvgIpc) is 3.17. The minimum absolute atomic E-state index is 0.460. The molecule has 5 heteroatoms. The lowest BCUT2D eigenvalue weighted by Gasteiger charge is -2.10. The summed E-state index contributed by atoms with van der Waals surface area (Å²) in [6.07, 6.45) is 3.43. The molecule has 20 heavy (non-hydrogen) atoms. The first-order valence-corrected chi connectivity index (χ1v) is 7.42. The van der Waals surface area contributed by atoms with Gasteiger partial charge < -0.3 is 5.32 Å². The van der Waals surface area contributed by atoms with E-state index >= 15 is 0 Å².